The summed E-state index contributed by atoms with van der Waals surface area (Å²) in [5.74, 6) is 0.258. The molecule has 0 aliphatic heterocycles. The van der Waals surface area contributed by atoms with Crippen LogP contribution in [-0.2, 0) is 14.8 Å². The van der Waals surface area contributed by atoms with Gasteiger partial charge >= 0.3 is 0 Å². The van der Waals surface area contributed by atoms with Gasteiger partial charge in [-0.1, -0.05) is 6.07 Å². The van der Waals surface area contributed by atoms with E-state index < -0.39 is 27.2 Å². The molecule has 0 bridgehead atoms. The maximum Gasteiger partial charge on any atom is 0.243 e. The predicted octanol–water partition coefficient (Wildman–Crippen LogP) is 2.79. The van der Waals surface area contributed by atoms with Gasteiger partial charge in [0, 0.05) is 25.1 Å². The molecule has 0 aliphatic carbocycles. The molecule has 0 fully saturated rings. The van der Waals surface area contributed by atoms with Gasteiger partial charge in [0.1, 0.15) is 28.5 Å². The van der Waals surface area contributed by atoms with Gasteiger partial charge in [0.05, 0.1) is 26.6 Å². The van der Waals surface area contributed by atoms with Crippen LogP contribution in [0.1, 0.15) is 18.9 Å². The number of nitrogens with zero attached hydrogens (tertiary/aromatic N) is 6. The van der Waals surface area contributed by atoms with Crippen molar-refractivity contribution >= 4 is 16.0 Å². The van der Waals surface area contributed by atoms with Gasteiger partial charge in [-0.05, 0) is 31.2 Å². The Morgan fingerprint density at radius 3 is 2.22 bits per heavy atom. The molecule has 1 aromatic carbocycles. The number of hydrogen-bond acceptors (Lipinski definition) is 10. The summed E-state index contributed by atoms with van der Waals surface area (Å²) >= 11 is 0. The lowest BCUT2D eigenvalue weighted by Crippen LogP contribution is -2.33. The zero-order valence-electron chi connectivity index (χ0n) is 20.4. The Labute approximate surface area is 212 Å². The van der Waals surface area contributed by atoms with Crippen LogP contribution in [-0.4, -0.2) is 64.7 Å². The van der Waals surface area contributed by atoms with Gasteiger partial charge in [-0.15, -0.1) is 10.2 Å². The van der Waals surface area contributed by atoms with Gasteiger partial charge in [-0.25, -0.2) is 22.8 Å². The SMILES string of the molecule is COc1cccc(OC)c1-n1c(NS(=O)(=O)[C@@H](C)[C@H](OC)c2ncc(F)cn2)nnc1-c1cccnc1. The summed E-state index contributed by atoms with van der Waals surface area (Å²) in [4.78, 5) is 11.9. The average Bonchev–Trinajstić information content (AvgIpc) is 3.32. The summed E-state index contributed by atoms with van der Waals surface area (Å²) in [6.45, 7) is 1.41. The Bertz CT molecular complexity index is 1440. The highest BCUT2D eigenvalue weighted by molar-refractivity contribution is 7.93. The molecular formula is C23H24FN7O5S. The van der Waals surface area contributed by atoms with Crippen molar-refractivity contribution < 1.29 is 27.0 Å². The van der Waals surface area contributed by atoms with E-state index in [0.717, 1.165) is 12.4 Å². The number of pyridine rings is 1. The van der Waals surface area contributed by atoms with E-state index >= 15 is 0 Å². The number of benzene rings is 1. The van der Waals surface area contributed by atoms with Crippen LogP contribution in [0.25, 0.3) is 17.1 Å². The molecule has 3 heterocycles. The number of ether oxygens (including phenoxy) is 3. The molecule has 2 atom stereocenters. The highest BCUT2D eigenvalue weighted by atomic mass is 32.2. The summed E-state index contributed by atoms with van der Waals surface area (Å²) < 4.78 is 60.7. The first-order chi connectivity index (χ1) is 17.8. The van der Waals surface area contributed by atoms with Crippen molar-refractivity contribution in [2.45, 2.75) is 18.3 Å². The molecule has 0 aliphatic rings. The van der Waals surface area contributed by atoms with E-state index in [1.807, 2.05) is 0 Å². The summed E-state index contributed by atoms with van der Waals surface area (Å²) in [6.07, 6.45) is 3.93. The standard InChI is InChI=1S/C23H24FN7O5S/c1-14(20(36-4)21-26-12-16(24)13-27-21)37(32,33)30-23-29-28-22(15-7-6-10-25-11-15)31(23)19-17(34-2)8-5-9-18(19)35-3/h5-14,20H,1-4H3,(H,29,30)/t14-,20-/m0/s1. The van der Waals surface area contributed by atoms with Crippen LogP contribution in [0.3, 0.4) is 0 Å². The first-order valence-electron chi connectivity index (χ1n) is 10.9. The monoisotopic (exact) mass is 529 g/mol. The molecule has 0 saturated carbocycles. The van der Waals surface area contributed by atoms with E-state index in [2.05, 4.69) is 29.9 Å². The lowest BCUT2D eigenvalue weighted by molar-refractivity contribution is 0.0948. The van der Waals surface area contributed by atoms with E-state index in [0.29, 0.717) is 22.7 Å². The highest BCUT2D eigenvalue weighted by Gasteiger charge is 2.35. The van der Waals surface area contributed by atoms with Crippen LogP contribution in [0.4, 0.5) is 10.3 Å². The summed E-state index contributed by atoms with van der Waals surface area (Å²) in [5.41, 5.74) is 0.933. The van der Waals surface area contributed by atoms with Crippen LogP contribution >= 0.6 is 0 Å². The van der Waals surface area contributed by atoms with Crippen LogP contribution in [0.15, 0.2) is 55.1 Å². The van der Waals surface area contributed by atoms with Crippen LogP contribution in [0.5, 0.6) is 11.5 Å². The molecule has 4 rings (SSSR count). The molecule has 0 radical (unpaired) electrons. The minimum atomic E-state index is -4.19. The molecule has 12 nitrogen and oxygen atoms in total. The summed E-state index contributed by atoms with van der Waals surface area (Å²) in [6, 6.07) is 8.58. The minimum absolute atomic E-state index is 0.00527. The number of halogens is 1. The van der Waals surface area contributed by atoms with Crippen molar-refractivity contribution in [3.63, 3.8) is 0 Å². The number of rotatable bonds is 10. The lowest BCUT2D eigenvalue weighted by atomic mass is 10.2. The number of nitrogens with one attached hydrogen (secondary N) is 1. The third kappa shape index (κ3) is 5.20. The second-order valence-electron chi connectivity index (χ2n) is 7.70. The quantitative estimate of drug-likeness (QED) is 0.326. The first-order valence-corrected chi connectivity index (χ1v) is 12.4. The zero-order chi connectivity index (χ0) is 26.6. The molecule has 4 aromatic rings. The van der Waals surface area contributed by atoms with Crippen molar-refractivity contribution in [1.29, 1.82) is 0 Å². The number of methoxy groups -OCH3 is 3. The fraction of sp³-hybridized carbons (Fsp3) is 0.261. The van der Waals surface area contributed by atoms with Crippen molar-refractivity contribution in [2.24, 2.45) is 0 Å². The maximum atomic E-state index is 13.5. The normalized spacial score (nSPS) is 13.1. The smallest absolute Gasteiger partial charge is 0.243 e. The Morgan fingerprint density at radius 1 is 0.973 bits per heavy atom. The lowest BCUT2D eigenvalue weighted by Gasteiger charge is -2.22. The molecule has 0 spiro atoms. The van der Waals surface area contributed by atoms with Crippen molar-refractivity contribution in [2.75, 3.05) is 26.1 Å². The van der Waals surface area contributed by atoms with E-state index in [-0.39, 0.29) is 17.6 Å². The molecular weight excluding hydrogens is 505 g/mol. The van der Waals surface area contributed by atoms with Gasteiger partial charge in [-0.3, -0.25) is 14.3 Å². The fourth-order valence-corrected chi connectivity index (χ4v) is 4.79. The summed E-state index contributed by atoms with van der Waals surface area (Å²) in [5, 5.41) is 7.13. The van der Waals surface area contributed by atoms with Crippen LogP contribution in [0.2, 0.25) is 0 Å². The Hall–Kier alpha value is -4.17. The molecule has 1 N–H and O–H groups in total. The minimum Gasteiger partial charge on any atom is -0.494 e. The van der Waals surface area contributed by atoms with E-state index in [1.165, 1.54) is 32.8 Å². The van der Waals surface area contributed by atoms with E-state index in [9.17, 15) is 12.8 Å². The van der Waals surface area contributed by atoms with Gasteiger partial charge in [0.2, 0.25) is 16.0 Å². The third-order valence-electron chi connectivity index (χ3n) is 5.51. The number of aromatic nitrogens is 6. The molecule has 0 unspecified atom stereocenters. The average molecular weight is 530 g/mol. The Balaban J connectivity index is 1.83. The Morgan fingerprint density at radius 2 is 1.65 bits per heavy atom. The molecule has 194 valence electrons. The molecule has 14 heteroatoms. The van der Waals surface area contributed by atoms with Gasteiger partial charge in [0.15, 0.2) is 17.5 Å². The number of anilines is 1. The Kier molecular flexibility index (Phi) is 7.59. The largest absolute Gasteiger partial charge is 0.494 e. The van der Waals surface area contributed by atoms with Gasteiger partial charge in [-0.2, -0.15) is 0 Å². The fourth-order valence-electron chi connectivity index (χ4n) is 3.66. The number of sulfonamides is 1. The van der Waals surface area contributed by atoms with Crippen molar-refractivity contribution in [3.05, 3.63) is 66.8 Å². The van der Waals surface area contributed by atoms with Crippen molar-refractivity contribution in [1.82, 2.24) is 29.7 Å². The van der Waals surface area contributed by atoms with Crippen LogP contribution < -0.4 is 14.2 Å². The number of hydrogen-bond donors (Lipinski definition) is 1. The van der Waals surface area contributed by atoms with Gasteiger partial charge < -0.3 is 14.2 Å². The summed E-state index contributed by atoms with van der Waals surface area (Å²) in [7, 11) is 0.0736. The molecule has 37 heavy (non-hydrogen) atoms. The van der Waals surface area contributed by atoms with Crippen LogP contribution in [0, 0.1) is 5.82 Å². The third-order valence-corrected chi connectivity index (χ3v) is 7.20. The second kappa shape index (κ2) is 10.8. The number of para-hydroxylation sites is 1. The second-order valence-corrected chi connectivity index (χ2v) is 9.74. The van der Waals surface area contributed by atoms with Gasteiger partial charge in [0.25, 0.3) is 0 Å². The topological polar surface area (TPSA) is 143 Å². The zero-order valence-corrected chi connectivity index (χ0v) is 21.2. The first kappa shape index (κ1) is 25.9. The predicted molar refractivity (Wildman–Crippen MR) is 131 cm³/mol. The highest BCUT2D eigenvalue weighted by Crippen LogP contribution is 2.38. The molecule has 0 amide bonds. The van der Waals surface area contributed by atoms with Crippen molar-refractivity contribution in [3.8, 4) is 28.6 Å². The molecule has 3 aromatic heterocycles. The van der Waals surface area contributed by atoms with E-state index in [4.69, 9.17) is 14.2 Å². The maximum absolute atomic E-state index is 13.5. The van der Waals surface area contributed by atoms with E-state index in [1.54, 1.807) is 42.7 Å². The molecule has 0 saturated heterocycles.